The van der Waals surface area contributed by atoms with Crippen molar-refractivity contribution in [3.63, 3.8) is 0 Å². The summed E-state index contributed by atoms with van der Waals surface area (Å²) in [5.74, 6) is 1.91. The van der Waals surface area contributed by atoms with Crippen molar-refractivity contribution < 1.29 is 13.6 Å². The van der Waals surface area contributed by atoms with E-state index in [0.717, 1.165) is 30.2 Å². The van der Waals surface area contributed by atoms with Crippen LogP contribution in [0.15, 0.2) is 47.3 Å². The highest BCUT2D eigenvalue weighted by Crippen LogP contribution is 2.24. The zero-order valence-corrected chi connectivity index (χ0v) is 14.9. The Morgan fingerprint density at radius 2 is 2.08 bits per heavy atom. The summed E-state index contributed by atoms with van der Waals surface area (Å²) in [6, 6.07) is 8.68. The fourth-order valence-electron chi connectivity index (χ4n) is 3.06. The van der Waals surface area contributed by atoms with Crippen molar-refractivity contribution in [2.45, 2.75) is 18.9 Å². The number of carbonyl (C=O) groups excluding carboxylic acids is 1. The first-order valence-corrected chi connectivity index (χ1v) is 9.73. The number of carbonyl (C=O) groups is 1. The van der Waals surface area contributed by atoms with Crippen LogP contribution in [0.3, 0.4) is 0 Å². The van der Waals surface area contributed by atoms with Crippen LogP contribution in [0.4, 0.5) is 4.39 Å². The zero-order valence-electron chi connectivity index (χ0n) is 14.1. The number of nitrogens with one attached hydrogen (secondary N) is 1. The molecule has 0 aliphatic carbocycles. The molecule has 2 aromatic rings. The Labute approximate surface area is 151 Å². The fraction of sp³-hybridized carbons (Fsp3) is 0.421. The topological polar surface area (TPSA) is 45.5 Å². The molecule has 0 spiro atoms. The highest BCUT2D eigenvalue weighted by atomic mass is 32.2. The van der Waals surface area contributed by atoms with Gasteiger partial charge in [-0.1, -0.05) is 18.2 Å². The second-order valence-corrected chi connectivity index (χ2v) is 7.34. The van der Waals surface area contributed by atoms with Crippen LogP contribution >= 0.6 is 11.8 Å². The first-order chi connectivity index (χ1) is 12.2. The van der Waals surface area contributed by atoms with Crippen LogP contribution in [0, 0.1) is 5.82 Å². The lowest BCUT2D eigenvalue weighted by Gasteiger charge is -2.34. The Hall–Kier alpha value is -1.79. The van der Waals surface area contributed by atoms with Gasteiger partial charge < -0.3 is 9.73 Å². The summed E-state index contributed by atoms with van der Waals surface area (Å²) in [6.45, 7) is 2.55. The van der Waals surface area contributed by atoms with Gasteiger partial charge in [0.05, 0.1) is 18.6 Å². The lowest BCUT2D eigenvalue weighted by atomic mass is 10.1. The Morgan fingerprint density at radius 3 is 2.80 bits per heavy atom. The second-order valence-electron chi connectivity index (χ2n) is 6.12. The standard InChI is InChI=1S/C19H23FN2O2S/c20-17-4-2-1-3-15(17)5-6-19(23)21-13-18(16-7-10-24-14-16)22-8-11-25-12-9-22/h1-4,7,10,14,18H,5-6,8-9,11-13H2,(H,21,23)/t18-/m0/s1. The normalized spacial score (nSPS) is 16.5. The quantitative estimate of drug-likeness (QED) is 0.821. The minimum atomic E-state index is -0.252. The van der Waals surface area contributed by atoms with Gasteiger partial charge >= 0.3 is 0 Å². The molecular weight excluding hydrogens is 339 g/mol. The minimum Gasteiger partial charge on any atom is -0.472 e. The lowest BCUT2D eigenvalue weighted by molar-refractivity contribution is -0.121. The minimum absolute atomic E-state index is 0.0527. The molecule has 2 heterocycles. The fourth-order valence-corrected chi connectivity index (χ4v) is 3.99. The molecule has 1 atom stereocenters. The van der Waals surface area contributed by atoms with E-state index in [-0.39, 0.29) is 24.2 Å². The molecule has 0 unspecified atom stereocenters. The molecule has 0 saturated carbocycles. The maximum absolute atomic E-state index is 13.6. The molecule has 1 aromatic carbocycles. The van der Waals surface area contributed by atoms with Gasteiger partial charge in [0.15, 0.2) is 0 Å². The van der Waals surface area contributed by atoms with Crippen LogP contribution in [0.2, 0.25) is 0 Å². The summed E-state index contributed by atoms with van der Waals surface area (Å²) >= 11 is 1.96. The third kappa shape index (κ3) is 5.09. The van der Waals surface area contributed by atoms with E-state index < -0.39 is 0 Å². The van der Waals surface area contributed by atoms with Crippen molar-refractivity contribution in [2.24, 2.45) is 0 Å². The molecule has 1 aliphatic rings. The van der Waals surface area contributed by atoms with Gasteiger partial charge in [0.2, 0.25) is 5.91 Å². The summed E-state index contributed by atoms with van der Waals surface area (Å²) in [5, 5.41) is 3.01. The zero-order chi connectivity index (χ0) is 17.5. The molecule has 1 N–H and O–H groups in total. The second kappa shape index (κ2) is 9.06. The highest BCUT2D eigenvalue weighted by molar-refractivity contribution is 7.99. The molecule has 1 amide bonds. The number of halogens is 1. The van der Waals surface area contributed by atoms with E-state index in [9.17, 15) is 9.18 Å². The van der Waals surface area contributed by atoms with Crippen LogP contribution in [-0.4, -0.2) is 41.9 Å². The largest absolute Gasteiger partial charge is 0.472 e. The monoisotopic (exact) mass is 362 g/mol. The number of thioether (sulfide) groups is 1. The highest BCUT2D eigenvalue weighted by Gasteiger charge is 2.23. The molecule has 3 rings (SSSR count). The summed E-state index contributed by atoms with van der Waals surface area (Å²) in [6.07, 6.45) is 4.11. The van der Waals surface area contributed by atoms with Crippen molar-refractivity contribution >= 4 is 17.7 Å². The molecule has 1 aliphatic heterocycles. The molecule has 1 fully saturated rings. The van der Waals surface area contributed by atoms with E-state index in [2.05, 4.69) is 10.2 Å². The van der Waals surface area contributed by atoms with Crippen LogP contribution < -0.4 is 5.32 Å². The van der Waals surface area contributed by atoms with E-state index in [0.29, 0.717) is 18.5 Å². The van der Waals surface area contributed by atoms with E-state index in [1.54, 1.807) is 30.7 Å². The number of hydrogen-bond acceptors (Lipinski definition) is 4. The number of rotatable bonds is 7. The van der Waals surface area contributed by atoms with Crippen LogP contribution in [0.5, 0.6) is 0 Å². The maximum atomic E-state index is 13.6. The average Bonchev–Trinajstić information content (AvgIpc) is 3.16. The first-order valence-electron chi connectivity index (χ1n) is 8.58. The number of nitrogens with zero attached hydrogens (tertiary/aromatic N) is 1. The van der Waals surface area contributed by atoms with E-state index >= 15 is 0 Å². The number of aryl methyl sites for hydroxylation is 1. The number of hydrogen-bond donors (Lipinski definition) is 1. The van der Waals surface area contributed by atoms with Gasteiger partial charge in [0.25, 0.3) is 0 Å². The van der Waals surface area contributed by atoms with Crippen molar-refractivity contribution in [1.29, 1.82) is 0 Å². The molecule has 4 nitrogen and oxygen atoms in total. The van der Waals surface area contributed by atoms with E-state index in [1.165, 1.54) is 6.07 Å². The van der Waals surface area contributed by atoms with E-state index in [1.807, 2.05) is 17.8 Å². The third-order valence-electron chi connectivity index (χ3n) is 4.49. The third-order valence-corrected chi connectivity index (χ3v) is 5.43. The Balaban J connectivity index is 1.53. The van der Waals surface area contributed by atoms with Gasteiger partial charge in [-0.3, -0.25) is 9.69 Å². The molecule has 1 saturated heterocycles. The Bertz CT molecular complexity index is 672. The van der Waals surface area contributed by atoms with Gasteiger partial charge in [0, 0.05) is 43.1 Å². The van der Waals surface area contributed by atoms with Crippen molar-refractivity contribution in [3.05, 3.63) is 59.8 Å². The molecule has 1 aromatic heterocycles. The predicted octanol–water partition coefficient (Wildman–Crippen LogP) is 3.26. The number of amides is 1. The maximum Gasteiger partial charge on any atom is 0.220 e. The van der Waals surface area contributed by atoms with Gasteiger partial charge in [0.1, 0.15) is 5.82 Å². The lowest BCUT2D eigenvalue weighted by Crippen LogP contribution is -2.42. The van der Waals surface area contributed by atoms with Crippen LogP contribution in [0.1, 0.15) is 23.6 Å². The molecule has 134 valence electrons. The molecule has 0 bridgehead atoms. The van der Waals surface area contributed by atoms with Gasteiger partial charge in [-0.25, -0.2) is 4.39 Å². The van der Waals surface area contributed by atoms with E-state index in [4.69, 9.17) is 4.42 Å². The summed E-state index contributed by atoms with van der Waals surface area (Å²) in [4.78, 5) is 14.6. The number of furan rings is 1. The van der Waals surface area contributed by atoms with Crippen LogP contribution in [0.25, 0.3) is 0 Å². The van der Waals surface area contributed by atoms with Gasteiger partial charge in [-0.2, -0.15) is 11.8 Å². The average molecular weight is 362 g/mol. The number of benzene rings is 1. The molecule has 25 heavy (non-hydrogen) atoms. The molecule has 0 radical (unpaired) electrons. The molecule has 6 heteroatoms. The summed E-state index contributed by atoms with van der Waals surface area (Å²) < 4.78 is 18.9. The van der Waals surface area contributed by atoms with Gasteiger partial charge in [-0.05, 0) is 24.1 Å². The predicted molar refractivity (Wildman–Crippen MR) is 98.1 cm³/mol. The first kappa shape index (κ1) is 18.0. The van der Waals surface area contributed by atoms with Crippen molar-refractivity contribution in [2.75, 3.05) is 31.1 Å². The molecular formula is C19H23FN2O2S. The Morgan fingerprint density at radius 1 is 1.28 bits per heavy atom. The van der Waals surface area contributed by atoms with Crippen molar-refractivity contribution in [1.82, 2.24) is 10.2 Å². The van der Waals surface area contributed by atoms with Crippen molar-refractivity contribution in [3.8, 4) is 0 Å². The van der Waals surface area contributed by atoms with Gasteiger partial charge in [-0.15, -0.1) is 0 Å². The Kier molecular flexibility index (Phi) is 6.53. The van der Waals surface area contributed by atoms with Crippen LogP contribution in [-0.2, 0) is 11.2 Å². The summed E-state index contributed by atoms with van der Waals surface area (Å²) in [7, 11) is 0. The SMILES string of the molecule is O=C(CCc1ccccc1F)NC[C@@H](c1ccoc1)N1CCSCC1. The smallest absolute Gasteiger partial charge is 0.220 e. The summed E-state index contributed by atoms with van der Waals surface area (Å²) in [5.41, 5.74) is 1.67.